The van der Waals surface area contributed by atoms with E-state index in [9.17, 15) is 4.79 Å². The zero-order chi connectivity index (χ0) is 7.56. The number of aromatic nitrogens is 1. The quantitative estimate of drug-likeness (QED) is 0.741. The van der Waals surface area contributed by atoms with Crippen LogP contribution in [0.2, 0.25) is 5.02 Å². The summed E-state index contributed by atoms with van der Waals surface area (Å²) in [5, 5.41) is 8.74. The van der Waals surface area contributed by atoms with Crippen LogP contribution in [0.15, 0.2) is 18.5 Å². The zero-order valence-electron chi connectivity index (χ0n) is 5.32. The summed E-state index contributed by atoms with van der Waals surface area (Å²) in [5.41, 5.74) is 0.104. The lowest BCUT2D eigenvalue weighted by Crippen LogP contribution is -1.95. The van der Waals surface area contributed by atoms with Crippen molar-refractivity contribution in [1.82, 2.24) is 4.98 Å². The molecule has 11 heavy (non-hydrogen) atoms. The molecule has 0 aromatic carbocycles. The van der Waals surface area contributed by atoms with E-state index in [1.165, 1.54) is 18.5 Å². The van der Waals surface area contributed by atoms with Crippen LogP contribution in [0.5, 0.6) is 0 Å². The Morgan fingerprint density at radius 2 is 2.18 bits per heavy atom. The molecule has 0 bridgehead atoms. The van der Waals surface area contributed by atoms with Gasteiger partial charge in [-0.3, -0.25) is 4.98 Å². The highest BCUT2D eigenvalue weighted by Crippen LogP contribution is 2.07. The fourth-order valence-electron chi connectivity index (χ4n) is 0.529. The first-order valence-corrected chi connectivity index (χ1v) is 2.92. The number of carbonyl (C=O) groups is 1. The van der Waals surface area contributed by atoms with Gasteiger partial charge in [0.1, 0.15) is 0 Å². The minimum absolute atomic E-state index is 0. The van der Waals surface area contributed by atoms with Crippen molar-refractivity contribution in [3.8, 4) is 0 Å². The molecule has 0 atom stereocenters. The van der Waals surface area contributed by atoms with Crippen LogP contribution in [0.1, 0.15) is 10.4 Å². The van der Waals surface area contributed by atoms with Crippen molar-refractivity contribution < 1.29 is 9.90 Å². The normalized spacial score (nSPS) is 8.45. The Labute approximate surface area is 74.4 Å². The molecule has 0 aliphatic rings. The van der Waals surface area contributed by atoms with E-state index in [1.54, 1.807) is 0 Å². The van der Waals surface area contributed by atoms with Gasteiger partial charge in [-0.2, -0.15) is 0 Å². The predicted molar refractivity (Wildman–Crippen MR) is 43.5 cm³/mol. The highest BCUT2D eigenvalue weighted by Gasteiger charge is 2.01. The minimum Gasteiger partial charge on any atom is -0.478 e. The lowest BCUT2D eigenvalue weighted by Gasteiger charge is -1.91. The number of hydrogen-bond acceptors (Lipinski definition) is 2. The molecule has 60 valence electrons. The fourth-order valence-corrected chi connectivity index (χ4v) is 0.703. The third-order valence-electron chi connectivity index (χ3n) is 0.952. The molecule has 0 spiro atoms. The molecule has 0 unspecified atom stereocenters. The Bertz CT molecular complexity index is 265. The van der Waals surface area contributed by atoms with Crippen LogP contribution in [0, 0.1) is 0 Å². The van der Waals surface area contributed by atoms with Crippen LogP contribution < -0.4 is 0 Å². The van der Waals surface area contributed by atoms with E-state index in [2.05, 4.69) is 4.98 Å². The molecule has 1 N–H and O–H groups in total. The van der Waals surface area contributed by atoms with Gasteiger partial charge in [-0.15, -0.1) is 12.4 Å². The highest BCUT2D eigenvalue weighted by molar-refractivity contribution is 6.30. The van der Waals surface area contributed by atoms with Crippen molar-refractivity contribution in [3.63, 3.8) is 0 Å². The van der Waals surface area contributed by atoms with Gasteiger partial charge in [-0.1, -0.05) is 11.6 Å². The highest BCUT2D eigenvalue weighted by atomic mass is 35.5. The van der Waals surface area contributed by atoms with Crippen LogP contribution in [-0.2, 0) is 0 Å². The number of halogens is 2. The van der Waals surface area contributed by atoms with Gasteiger partial charge in [0.15, 0.2) is 0 Å². The topological polar surface area (TPSA) is 50.2 Å². The SMILES string of the molecule is Cl.O=C(O)c1cncc(Cl)c1. The summed E-state index contributed by atoms with van der Waals surface area (Å²) in [6.07, 6.45) is 2.63. The summed E-state index contributed by atoms with van der Waals surface area (Å²) in [4.78, 5) is 13.8. The standard InChI is InChI=1S/C6H4ClNO2.ClH/c7-5-1-4(6(9)10)2-8-3-5;/h1-3H,(H,9,10);1H. The number of aromatic carboxylic acids is 1. The van der Waals surface area contributed by atoms with Gasteiger partial charge >= 0.3 is 5.97 Å². The van der Waals surface area contributed by atoms with Crippen molar-refractivity contribution in [1.29, 1.82) is 0 Å². The lowest BCUT2D eigenvalue weighted by atomic mass is 10.3. The third kappa shape index (κ3) is 2.74. The van der Waals surface area contributed by atoms with Gasteiger partial charge < -0.3 is 5.11 Å². The van der Waals surface area contributed by atoms with Gasteiger partial charge in [-0.25, -0.2) is 4.79 Å². The molecule has 0 fully saturated rings. The number of rotatable bonds is 1. The second-order valence-electron chi connectivity index (χ2n) is 1.70. The first-order valence-electron chi connectivity index (χ1n) is 2.54. The first kappa shape index (κ1) is 10.2. The van der Waals surface area contributed by atoms with Crippen molar-refractivity contribution in [2.75, 3.05) is 0 Å². The third-order valence-corrected chi connectivity index (χ3v) is 1.16. The number of hydrogen-bond donors (Lipinski definition) is 1. The van der Waals surface area contributed by atoms with Crippen LogP contribution in [0.3, 0.4) is 0 Å². The van der Waals surface area contributed by atoms with Gasteiger partial charge in [0.25, 0.3) is 0 Å². The summed E-state index contributed by atoms with van der Waals surface area (Å²) in [7, 11) is 0. The predicted octanol–water partition coefficient (Wildman–Crippen LogP) is 1.85. The average Bonchev–Trinajstić information content (AvgIpc) is 1.88. The smallest absolute Gasteiger partial charge is 0.337 e. The number of carboxylic acid groups (broad SMARTS) is 1. The Morgan fingerprint density at radius 1 is 1.55 bits per heavy atom. The Balaban J connectivity index is 0.000001000. The van der Waals surface area contributed by atoms with Crippen molar-refractivity contribution in [2.45, 2.75) is 0 Å². The zero-order valence-corrected chi connectivity index (χ0v) is 6.89. The number of nitrogens with zero attached hydrogens (tertiary/aromatic N) is 1. The molecule has 0 amide bonds. The second kappa shape index (κ2) is 4.16. The van der Waals surface area contributed by atoms with Crippen LogP contribution in [-0.4, -0.2) is 16.1 Å². The molecular weight excluding hydrogens is 189 g/mol. The average molecular weight is 194 g/mol. The molecule has 1 aromatic rings. The monoisotopic (exact) mass is 193 g/mol. The molecule has 0 aliphatic carbocycles. The lowest BCUT2D eigenvalue weighted by molar-refractivity contribution is 0.0696. The molecule has 1 aromatic heterocycles. The molecule has 0 saturated carbocycles. The van der Waals surface area contributed by atoms with Gasteiger partial charge in [0, 0.05) is 12.4 Å². The molecule has 5 heteroatoms. The summed E-state index contributed by atoms with van der Waals surface area (Å²) in [6, 6.07) is 1.34. The molecular formula is C6H5Cl2NO2. The second-order valence-corrected chi connectivity index (χ2v) is 2.13. The van der Waals surface area contributed by atoms with Crippen molar-refractivity contribution in [2.24, 2.45) is 0 Å². The largest absolute Gasteiger partial charge is 0.478 e. The van der Waals surface area contributed by atoms with E-state index in [0.29, 0.717) is 5.02 Å². The minimum atomic E-state index is -1.02. The van der Waals surface area contributed by atoms with E-state index < -0.39 is 5.97 Å². The maximum absolute atomic E-state index is 10.3. The van der Waals surface area contributed by atoms with E-state index >= 15 is 0 Å². The van der Waals surface area contributed by atoms with Crippen LogP contribution >= 0.6 is 24.0 Å². The molecule has 3 nitrogen and oxygen atoms in total. The van der Waals surface area contributed by atoms with Gasteiger partial charge in [0.05, 0.1) is 10.6 Å². The van der Waals surface area contributed by atoms with Gasteiger partial charge in [-0.05, 0) is 6.07 Å². The number of pyridine rings is 1. The summed E-state index contributed by atoms with van der Waals surface area (Å²) in [5.74, 6) is -1.02. The van der Waals surface area contributed by atoms with Crippen LogP contribution in [0.25, 0.3) is 0 Å². The van der Waals surface area contributed by atoms with Crippen molar-refractivity contribution >= 4 is 30.0 Å². The molecule has 0 radical (unpaired) electrons. The molecule has 0 aliphatic heterocycles. The molecule has 1 heterocycles. The summed E-state index contributed by atoms with van der Waals surface area (Å²) < 4.78 is 0. The van der Waals surface area contributed by atoms with E-state index in [1.807, 2.05) is 0 Å². The Kier molecular flexibility index (Phi) is 3.85. The Hall–Kier alpha value is -0.800. The fraction of sp³-hybridized carbons (Fsp3) is 0. The van der Waals surface area contributed by atoms with Gasteiger partial charge in [0.2, 0.25) is 0 Å². The summed E-state index contributed by atoms with van der Waals surface area (Å²) >= 11 is 5.46. The summed E-state index contributed by atoms with van der Waals surface area (Å²) in [6.45, 7) is 0. The number of carboxylic acids is 1. The Morgan fingerprint density at radius 3 is 2.55 bits per heavy atom. The maximum atomic E-state index is 10.3. The van der Waals surface area contributed by atoms with E-state index in [4.69, 9.17) is 16.7 Å². The molecule has 1 rings (SSSR count). The van der Waals surface area contributed by atoms with Crippen molar-refractivity contribution in [3.05, 3.63) is 29.0 Å². The molecule has 0 saturated heterocycles. The van der Waals surface area contributed by atoms with E-state index in [0.717, 1.165) is 0 Å². The van der Waals surface area contributed by atoms with Crippen LogP contribution in [0.4, 0.5) is 0 Å². The first-order chi connectivity index (χ1) is 4.70. The van der Waals surface area contributed by atoms with E-state index in [-0.39, 0.29) is 18.0 Å². The maximum Gasteiger partial charge on any atom is 0.337 e.